The minimum atomic E-state index is -0.389. The normalized spacial score (nSPS) is 24.1. The highest BCUT2D eigenvalue weighted by molar-refractivity contribution is 6.42. The van der Waals surface area contributed by atoms with Crippen LogP contribution in [0.5, 0.6) is 0 Å². The Hall–Kier alpha value is -1.29. The Morgan fingerprint density at radius 1 is 1.29 bits per heavy atom. The summed E-state index contributed by atoms with van der Waals surface area (Å²) >= 11 is 11.8. The van der Waals surface area contributed by atoms with E-state index in [1.807, 2.05) is 6.08 Å². The van der Waals surface area contributed by atoms with E-state index in [-0.39, 0.29) is 18.1 Å². The number of nitrogens with two attached hydrogens (primary N) is 1. The SMILES string of the molecule is NC1C=C2C(=CC1)CCC2OC(=O)c1ccc(Cl)c(Cl)c1. The Kier molecular flexibility index (Phi) is 4.07. The highest BCUT2D eigenvalue weighted by atomic mass is 35.5. The van der Waals surface area contributed by atoms with Crippen LogP contribution in [-0.2, 0) is 4.74 Å². The van der Waals surface area contributed by atoms with Crippen molar-refractivity contribution in [2.45, 2.75) is 31.4 Å². The van der Waals surface area contributed by atoms with Gasteiger partial charge in [-0.1, -0.05) is 35.4 Å². The van der Waals surface area contributed by atoms with E-state index in [9.17, 15) is 4.79 Å². The molecule has 2 unspecified atom stereocenters. The number of benzene rings is 1. The predicted molar refractivity (Wildman–Crippen MR) is 83.7 cm³/mol. The number of carbonyl (C=O) groups excluding carboxylic acids is 1. The van der Waals surface area contributed by atoms with E-state index < -0.39 is 0 Å². The fourth-order valence-corrected chi connectivity index (χ4v) is 3.05. The van der Waals surface area contributed by atoms with E-state index in [4.69, 9.17) is 33.7 Å². The average Bonchev–Trinajstić information content (AvgIpc) is 2.84. The summed E-state index contributed by atoms with van der Waals surface area (Å²) in [4.78, 5) is 12.2. The Morgan fingerprint density at radius 2 is 2.10 bits per heavy atom. The van der Waals surface area contributed by atoms with Crippen molar-refractivity contribution in [1.82, 2.24) is 0 Å². The Labute approximate surface area is 133 Å². The highest BCUT2D eigenvalue weighted by Crippen LogP contribution is 2.36. The molecule has 0 radical (unpaired) electrons. The van der Waals surface area contributed by atoms with Gasteiger partial charge in [0.2, 0.25) is 0 Å². The third-order valence-corrected chi connectivity index (χ3v) is 4.57. The zero-order valence-electron chi connectivity index (χ0n) is 11.3. The molecule has 3 rings (SSSR count). The summed E-state index contributed by atoms with van der Waals surface area (Å²) in [6.45, 7) is 0. The van der Waals surface area contributed by atoms with Crippen LogP contribution in [0.25, 0.3) is 0 Å². The molecular weight excluding hydrogens is 309 g/mol. The number of carbonyl (C=O) groups is 1. The number of rotatable bonds is 2. The first kappa shape index (κ1) is 14.6. The first-order valence-corrected chi connectivity index (χ1v) is 7.63. The number of esters is 1. The van der Waals surface area contributed by atoms with Crippen LogP contribution >= 0.6 is 23.2 Å². The maximum Gasteiger partial charge on any atom is 0.338 e. The molecule has 2 N–H and O–H groups in total. The molecule has 0 heterocycles. The van der Waals surface area contributed by atoms with Crippen molar-refractivity contribution < 1.29 is 9.53 Å². The Balaban J connectivity index is 1.76. The quantitative estimate of drug-likeness (QED) is 0.840. The number of hydrogen-bond donors (Lipinski definition) is 1. The van der Waals surface area contributed by atoms with Gasteiger partial charge in [-0.05, 0) is 48.6 Å². The summed E-state index contributed by atoms with van der Waals surface area (Å²) < 4.78 is 5.60. The molecule has 0 amide bonds. The van der Waals surface area contributed by atoms with Crippen LogP contribution in [0.4, 0.5) is 0 Å². The summed E-state index contributed by atoms with van der Waals surface area (Å²) in [6.07, 6.45) is 6.52. The zero-order valence-corrected chi connectivity index (χ0v) is 12.8. The van der Waals surface area contributed by atoms with Crippen molar-refractivity contribution in [2.75, 3.05) is 0 Å². The molecule has 110 valence electrons. The van der Waals surface area contributed by atoms with E-state index >= 15 is 0 Å². The molecule has 3 nitrogen and oxygen atoms in total. The van der Waals surface area contributed by atoms with Crippen LogP contribution in [0.15, 0.2) is 41.5 Å². The van der Waals surface area contributed by atoms with Crippen LogP contribution in [-0.4, -0.2) is 18.1 Å². The van der Waals surface area contributed by atoms with Gasteiger partial charge < -0.3 is 10.5 Å². The van der Waals surface area contributed by atoms with Crippen molar-refractivity contribution in [3.8, 4) is 0 Å². The summed E-state index contributed by atoms with van der Waals surface area (Å²) in [7, 11) is 0. The second-order valence-corrected chi connectivity index (χ2v) is 6.13. The van der Waals surface area contributed by atoms with Crippen LogP contribution in [0, 0.1) is 0 Å². The first-order chi connectivity index (χ1) is 10.0. The number of halogens is 2. The summed E-state index contributed by atoms with van der Waals surface area (Å²) in [6, 6.07) is 4.74. The van der Waals surface area contributed by atoms with Gasteiger partial charge in [0.1, 0.15) is 6.10 Å². The van der Waals surface area contributed by atoms with Gasteiger partial charge >= 0.3 is 5.97 Å². The largest absolute Gasteiger partial charge is 0.454 e. The fourth-order valence-electron chi connectivity index (χ4n) is 2.75. The topological polar surface area (TPSA) is 52.3 Å². The molecule has 0 aliphatic heterocycles. The molecule has 1 aromatic carbocycles. The molecule has 1 fully saturated rings. The lowest BCUT2D eigenvalue weighted by atomic mass is 9.97. The molecular formula is C16H15Cl2NO2. The molecule has 1 aromatic rings. The van der Waals surface area contributed by atoms with E-state index in [1.165, 1.54) is 11.6 Å². The molecule has 2 aliphatic carbocycles. The molecule has 0 aromatic heterocycles. The standard InChI is InChI=1S/C16H15Cl2NO2/c17-13-5-2-10(7-14(13)18)16(20)21-15-6-3-9-1-4-11(19)8-12(9)15/h1-2,5,7-8,11,15H,3-4,6,19H2. The molecule has 5 heteroatoms. The summed E-state index contributed by atoms with van der Waals surface area (Å²) in [5.41, 5.74) is 8.65. The molecule has 0 bridgehead atoms. The lowest BCUT2D eigenvalue weighted by molar-refractivity contribution is 0.0385. The van der Waals surface area contributed by atoms with Crippen molar-refractivity contribution >= 4 is 29.2 Å². The second-order valence-electron chi connectivity index (χ2n) is 5.31. The van der Waals surface area contributed by atoms with Crippen LogP contribution in [0.1, 0.15) is 29.6 Å². The zero-order chi connectivity index (χ0) is 15.0. The van der Waals surface area contributed by atoms with Crippen molar-refractivity contribution in [2.24, 2.45) is 5.73 Å². The minimum absolute atomic E-state index is 0.00743. The molecule has 21 heavy (non-hydrogen) atoms. The van der Waals surface area contributed by atoms with Crippen molar-refractivity contribution in [3.63, 3.8) is 0 Å². The van der Waals surface area contributed by atoms with E-state index in [0.717, 1.165) is 24.8 Å². The molecule has 0 spiro atoms. The molecule has 1 saturated carbocycles. The Morgan fingerprint density at radius 3 is 2.86 bits per heavy atom. The smallest absolute Gasteiger partial charge is 0.338 e. The van der Waals surface area contributed by atoms with Crippen molar-refractivity contribution in [3.05, 3.63) is 57.1 Å². The van der Waals surface area contributed by atoms with Crippen LogP contribution in [0.2, 0.25) is 10.0 Å². The fraction of sp³-hybridized carbons (Fsp3) is 0.312. The van der Waals surface area contributed by atoms with Crippen LogP contribution < -0.4 is 5.73 Å². The molecule has 2 aliphatic rings. The third kappa shape index (κ3) is 3.00. The lowest BCUT2D eigenvalue weighted by Crippen LogP contribution is -2.23. The van der Waals surface area contributed by atoms with Crippen LogP contribution in [0.3, 0.4) is 0 Å². The Bertz CT molecular complexity index is 652. The summed E-state index contributed by atoms with van der Waals surface area (Å²) in [5, 5.41) is 0.761. The highest BCUT2D eigenvalue weighted by Gasteiger charge is 2.31. The van der Waals surface area contributed by atoms with Gasteiger partial charge in [-0.2, -0.15) is 0 Å². The van der Waals surface area contributed by atoms with Gasteiger partial charge in [0.25, 0.3) is 0 Å². The maximum absolute atomic E-state index is 12.2. The summed E-state index contributed by atoms with van der Waals surface area (Å²) in [5.74, 6) is -0.389. The second kappa shape index (κ2) is 5.84. The maximum atomic E-state index is 12.2. The van der Waals surface area contributed by atoms with Gasteiger partial charge in [0.05, 0.1) is 15.6 Å². The number of fused-ring (bicyclic) bond motifs is 1. The minimum Gasteiger partial charge on any atom is -0.454 e. The molecule has 0 saturated heterocycles. The van der Waals surface area contributed by atoms with Gasteiger partial charge in [-0.15, -0.1) is 0 Å². The van der Waals surface area contributed by atoms with Gasteiger partial charge in [-0.3, -0.25) is 0 Å². The first-order valence-electron chi connectivity index (χ1n) is 6.87. The van der Waals surface area contributed by atoms with Crippen molar-refractivity contribution in [1.29, 1.82) is 0 Å². The predicted octanol–water partition coefficient (Wildman–Crippen LogP) is 3.90. The third-order valence-electron chi connectivity index (χ3n) is 3.83. The van der Waals surface area contributed by atoms with Gasteiger partial charge in [0.15, 0.2) is 0 Å². The lowest BCUT2D eigenvalue weighted by Gasteiger charge is -2.19. The van der Waals surface area contributed by atoms with E-state index in [2.05, 4.69) is 6.08 Å². The number of hydrogen-bond acceptors (Lipinski definition) is 3. The van der Waals surface area contributed by atoms with Gasteiger partial charge in [-0.25, -0.2) is 4.79 Å². The van der Waals surface area contributed by atoms with E-state index in [1.54, 1.807) is 12.1 Å². The average molecular weight is 324 g/mol. The molecule has 2 atom stereocenters. The van der Waals surface area contributed by atoms with Gasteiger partial charge in [0, 0.05) is 6.04 Å². The number of ether oxygens (including phenoxy) is 1. The van der Waals surface area contributed by atoms with E-state index in [0.29, 0.717) is 15.6 Å². The monoisotopic (exact) mass is 323 g/mol.